The van der Waals surface area contributed by atoms with Crippen LogP contribution in [0.25, 0.3) is 0 Å². The summed E-state index contributed by atoms with van der Waals surface area (Å²) in [6.45, 7) is 6.08. The van der Waals surface area contributed by atoms with Crippen molar-refractivity contribution in [1.82, 2.24) is 5.32 Å². The molecule has 8 heteroatoms. The molecule has 2 aliphatic rings. The topological polar surface area (TPSA) is 35.6 Å². The third-order valence-electron chi connectivity index (χ3n) is 6.59. The number of nitrogens with one attached hydrogen (secondary N) is 1. The summed E-state index contributed by atoms with van der Waals surface area (Å²) in [7, 11) is 0. The predicted molar refractivity (Wildman–Crippen MR) is 121 cm³/mol. The molecule has 1 saturated heterocycles. The van der Waals surface area contributed by atoms with Gasteiger partial charge in [-0.25, -0.2) is 4.39 Å². The largest absolute Gasteiger partial charge is 0.416 e. The molecule has 2 atom stereocenters. The summed E-state index contributed by atoms with van der Waals surface area (Å²) >= 11 is 0. The number of carbonyl (C=O) groups excluding carboxylic acids is 1. The number of halogens is 4. The second-order valence-corrected chi connectivity index (χ2v) is 9.28. The fourth-order valence-electron chi connectivity index (χ4n) is 4.84. The molecule has 1 N–H and O–H groups in total. The van der Waals surface area contributed by atoms with Crippen LogP contribution in [0, 0.1) is 17.7 Å². The Kier molecular flexibility index (Phi) is 6.54. The fourth-order valence-corrected chi connectivity index (χ4v) is 4.84. The summed E-state index contributed by atoms with van der Waals surface area (Å²) in [5, 5.41) is 2.98. The Bertz CT molecular complexity index is 1010. The molecule has 0 radical (unpaired) electrons. The first-order chi connectivity index (χ1) is 15.6. The van der Waals surface area contributed by atoms with Crippen LogP contribution in [0.5, 0.6) is 0 Å². The Labute approximate surface area is 191 Å². The van der Waals surface area contributed by atoms with Crippen LogP contribution in [0.2, 0.25) is 0 Å². The minimum absolute atomic E-state index is 0.163. The Balaban J connectivity index is 1.65. The van der Waals surface area contributed by atoms with Gasteiger partial charge in [0.05, 0.1) is 23.2 Å². The number of rotatable bonds is 5. The highest BCUT2D eigenvalue weighted by Crippen LogP contribution is 2.40. The number of piperazine rings is 1. The van der Waals surface area contributed by atoms with Gasteiger partial charge in [0, 0.05) is 31.9 Å². The highest BCUT2D eigenvalue weighted by Gasteiger charge is 2.43. The summed E-state index contributed by atoms with van der Waals surface area (Å²) in [6.07, 6.45) is -3.40. The summed E-state index contributed by atoms with van der Waals surface area (Å²) in [4.78, 5) is 17.1. The van der Waals surface area contributed by atoms with E-state index in [1.54, 1.807) is 18.2 Å². The van der Waals surface area contributed by atoms with Gasteiger partial charge in [-0.2, -0.15) is 13.2 Å². The molecule has 0 spiro atoms. The molecule has 2 aromatic rings. The van der Waals surface area contributed by atoms with E-state index in [1.165, 1.54) is 18.2 Å². The van der Waals surface area contributed by atoms with Crippen LogP contribution >= 0.6 is 0 Å². The van der Waals surface area contributed by atoms with Crippen molar-refractivity contribution in [2.75, 3.05) is 36.0 Å². The fraction of sp³-hybridized carbons (Fsp3) is 0.480. The van der Waals surface area contributed by atoms with Crippen molar-refractivity contribution in [2.45, 2.75) is 38.9 Å². The minimum atomic E-state index is -4.44. The first kappa shape index (κ1) is 23.4. The number of alkyl halides is 3. The van der Waals surface area contributed by atoms with Crippen molar-refractivity contribution in [3.63, 3.8) is 0 Å². The third kappa shape index (κ3) is 4.94. The average Bonchev–Trinajstić information content (AvgIpc) is 2.77. The normalized spacial score (nSPS) is 20.5. The molecule has 0 bridgehead atoms. The zero-order valence-corrected chi connectivity index (χ0v) is 18.8. The van der Waals surface area contributed by atoms with Gasteiger partial charge < -0.3 is 15.1 Å². The van der Waals surface area contributed by atoms with E-state index in [-0.39, 0.29) is 24.2 Å². The van der Waals surface area contributed by atoms with Crippen LogP contribution in [-0.2, 0) is 17.4 Å². The van der Waals surface area contributed by atoms with Gasteiger partial charge in [-0.15, -0.1) is 0 Å². The molecule has 178 valence electrons. The van der Waals surface area contributed by atoms with E-state index in [1.807, 2.05) is 9.80 Å². The number of hydrogen-bond donors (Lipinski definition) is 1. The number of para-hydroxylation sites is 1. The zero-order chi connectivity index (χ0) is 23.8. The SMILES string of the molecule is CC(C)CCNC(=O)[C@H]1Cc2cc(C(F)(F)F)ccc2N2CCN(c3ccccc3F)C[C@@H]12. The van der Waals surface area contributed by atoms with Crippen LogP contribution in [-0.4, -0.2) is 38.1 Å². The van der Waals surface area contributed by atoms with Crippen LogP contribution in [0.1, 0.15) is 31.4 Å². The van der Waals surface area contributed by atoms with Gasteiger partial charge in [0.25, 0.3) is 0 Å². The van der Waals surface area contributed by atoms with Gasteiger partial charge >= 0.3 is 6.18 Å². The van der Waals surface area contributed by atoms with E-state index in [9.17, 15) is 22.4 Å². The van der Waals surface area contributed by atoms with Gasteiger partial charge in [0.1, 0.15) is 5.82 Å². The van der Waals surface area contributed by atoms with E-state index in [0.29, 0.717) is 43.3 Å². The van der Waals surface area contributed by atoms with Crippen molar-refractivity contribution in [1.29, 1.82) is 0 Å². The molecule has 1 fully saturated rings. The molecule has 2 heterocycles. The van der Waals surface area contributed by atoms with E-state index in [2.05, 4.69) is 19.2 Å². The van der Waals surface area contributed by atoms with Crippen LogP contribution in [0.4, 0.5) is 28.9 Å². The molecular formula is C25H29F4N3O. The lowest BCUT2D eigenvalue weighted by molar-refractivity contribution is -0.137. The van der Waals surface area contributed by atoms with E-state index in [4.69, 9.17) is 0 Å². The molecule has 1 amide bonds. The number of fused-ring (bicyclic) bond motifs is 3. The monoisotopic (exact) mass is 463 g/mol. The molecule has 0 aromatic heterocycles. The van der Waals surface area contributed by atoms with Crippen LogP contribution < -0.4 is 15.1 Å². The van der Waals surface area contributed by atoms with Crippen LogP contribution in [0.15, 0.2) is 42.5 Å². The number of anilines is 2. The smallest absolute Gasteiger partial charge is 0.365 e. The maximum Gasteiger partial charge on any atom is 0.416 e. The number of amides is 1. The van der Waals surface area contributed by atoms with E-state index < -0.39 is 17.7 Å². The van der Waals surface area contributed by atoms with Gasteiger partial charge in [0.2, 0.25) is 5.91 Å². The number of benzene rings is 2. The second kappa shape index (κ2) is 9.23. The van der Waals surface area contributed by atoms with Crippen molar-refractivity contribution in [2.24, 2.45) is 11.8 Å². The molecule has 2 aliphatic heterocycles. The van der Waals surface area contributed by atoms with Crippen molar-refractivity contribution >= 4 is 17.3 Å². The molecule has 0 saturated carbocycles. The first-order valence-corrected chi connectivity index (χ1v) is 11.4. The highest BCUT2D eigenvalue weighted by molar-refractivity contribution is 5.82. The van der Waals surface area contributed by atoms with Crippen molar-refractivity contribution in [3.05, 3.63) is 59.4 Å². The Morgan fingerprint density at radius 3 is 2.58 bits per heavy atom. The summed E-state index contributed by atoms with van der Waals surface area (Å²) in [5.41, 5.74) is 1.04. The number of hydrogen-bond acceptors (Lipinski definition) is 3. The Morgan fingerprint density at radius 1 is 1.12 bits per heavy atom. The molecular weight excluding hydrogens is 434 g/mol. The van der Waals surface area contributed by atoms with Gasteiger partial charge in [-0.3, -0.25) is 4.79 Å². The van der Waals surface area contributed by atoms with Gasteiger partial charge in [0.15, 0.2) is 0 Å². The number of nitrogens with zero attached hydrogens (tertiary/aromatic N) is 2. The lowest BCUT2D eigenvalue weighted by Crippen LogP contribution is -2.61. The van der Waals surface area contributed by atoms with E-state index >= 15 is 0 Å². The first-order valence-electron chi connectivity index (χ1n) is 11.4. The van der Waals surface area contributed by atoms with Crippen molar-refractivity contribution < 1.29 is 22.4 Å². The van der Waals surface area contributed by atoms with Crippen molar-refractivity contribution in [3.8, 4) is 0 Å². The summed E-state index contributed by atoms with van der Waals surface area (Å²) in [6, 6.07) is 10.1. The third-order valence-corrected chi connectivity index (χ3v) is 6.59. The average molecular weight is 464 g/mol. The Hall–Kier alpha value is -2.77. The molecule has 0 aliphatic carbocycles. The quantitative estimate of drug-likeness (QED) is 0.643. The van der Waals surface area contributed by atoms with Crippen LogP contribution in [0.3, 0.4) is 0 Å². The minimum Gasteiger partial charge on any atom is -0.365 e. The maximum atomic E-state index is 14.5. The van der Waals surface area contributed by atoms with E-state index in [0.717, 1.165) is 18.2 Å². The second-order valence-electron chi connectivity index (χ2n) is 9.28. The predicted octanol–water partition coefficient (Wildman–Crippen LogP) is 4.87. The molecule has 2 aromatic carbocycles. The Morgan fingerprint density at radius 2 is 1.88 bits per heavy atom. The lowest BCUT2D eigenvalue weighted by atomic mass is 9.82. The summed E-state index contributed by atoms with van der Waals surface area (Å²) in [5.74, 6) is -0.587. The van der Waals surface area contributed by atoms with Gasteiger partial charge in [-0.1, -0.05) is 26.0 Å². The molecule has 4 rings (SSSR count). The molecule has 33 heavy (non-hydrogen) atoms. The molecule has 0 unspecified atom stereocenters. The highest BCUT2D eigenvalue weighted by atomic mass is 19.4. The van der Waals surface area contributed by atoms with Gasteiger partial charge in [-0.05, 0) is 54.7 Å². The lowest BCUT2D eigenvalue weighted by Gasteiger charge is -2.49. The molecule has 4 nitrogen and oxygen atoms in total. The number of carbonyl (C=O) groups is 1. The summed E-state index contributed by atoms with van der Waals surface area (Å²) < 4.78 is 54.4. The zero-order valence-electron chi connectivity index (χ0n) is 18.8. The maximum absolute atomic E-state index is 14.5. The standard InChI is InChI=1S/C25H29F4N3O/c1-16(2)9-10-30-24(33)19-14-17-13-18(25(27,28)29)7-8-21(17)32-12-11-31(15-23(19)32)22-6-4-3-5-20(22)26/h3-8,13,16,19,23H,9-12,14-15H2,1-2H3,(H,30,33)/t19-,23-/m0/s1.